The first-order chi connectivity index (χ1) is 7.15. The molecular weight excluding hydrogens is 186 g/mol. The number of rotatable bonds is 5. The van der Waals surface area contributed by atoms with E-state index in [4.69, 9.17) is 5.11 Å². The second-order valence-electron chi connectivity index (χ2n) is 4.16. The van der Waals surface area contributed by atoms with Gasteiger partial charge in [-0.25, -0.2) is 0 Å². The van der Waals surface area contributed by atoms with Gasteiger partial charge < -0.3 is 10.4 Å². The summed E-state index contributed by atoms with van der Waals surface area (Å²) in [5, 5.41) is 12.2. The SMILES string of the molecule is Cc1cccc(C)c1CNC(C)CCO. The molecule has 2 heteroatoms. The minimum Gasteiger partial charge on any atom is -0.396 e. The Labute approximate surface area is 92.3 Å². The van der Waals surface area contributed by atoms with Gasteiger partial charge in [-0.15, -0.1) is 0 Å². The van der Waals surface area contributed by atoms with Crippen LogP contribution >= 0.6 is 0 Å². The van der Waals surface area contributed by atoms with Gasteiger partial charge >= 0.3 is 0 Å². The monoisotopic (exact) mass is 207 g/mol. The number of hydrogen-bond acceptors (Lipinski definition) is 2. The minimum absolute atomic E-state index is 0.251. The lowest BCUT2D eigenvalue weighted by atomic mass is 10.0. The largest absolute Gasteiger partial charge is 0.396 e. The van der Waals surface area contributed by atoms with Gasteiger partial charge in [-0.3, -0.25) is 0 Å². The molecule has 1 atom stereocenters. The summed E-state index contributed by atoms with van der Waals surface area (Å²) in [5.41, 5.74) is 4.04. The van der Waals surface area contributed by atoms with Gasteiger partial charge in [0.1, 0.15) is 0 Å². The van der Waals surface area contributed by atoms with E-state index < -0.39 is 0 Å². The second-order valence-corrected chi connectivity index (χ2v) is 4.16. The minimum atomic E-state index is 0.251. The lowest BCUT2D eigenvalue weighted by Crippen LogP contribution is -2.27. The Kier molecular flexibility index (Phi) is 4.79. The summed E-state index contributed by atoms with van der Waals surface area (Å²) in [4.78, 5) is 0. The van der Waals surface area contributed by atoms with Crippen molar-refractivity contribution in [2.45, 2.75) is 39.8 Å². The molecule has 0 aliphatic carbocycles. The van der Waals surface area contributed by atoms with Crippen molar-refractivity contribution >= 4 is 0 Å². The van der Waals surface area contributed by atoms with E-state index in [2.05, 4.69) is 44.3 Å². The summed E-state index contributed by atoms with van der Waals surface area (Å²) in [5.74, 6) is 0. The molecule has 1 rings (SSSR count). The fraction of sp³-hybridized carbons (Fsp3) is 0.538. The molecule has 0 heterocycles. The summed E-state index contributed by atoms with van der Waals surface area (Å²) in [6.07, 6.45) is 0.810. The van der Waals surface area contributed by atoms with Crippen molar-refractivity contribution < 1.29 is 5.11 Å². The van der Waals surface area contributed by atoms with Crippen LogP contribution < -0.4 is 5.32 Å². The van der Waals surface area contributed by atoms with Crippen LogP contribution in [0.4, 0.5) is 0 Å². The van der Waals surface area contributed by atoms with Gasteiger partial charge in [-0.1, -0.05) is 18.2 Å². The van der Waals surface area contributed by atoms with Crippen molar-refractivity contribution in [2.75, 3.05) is 6.61 Å². The molecule has 0 aliphatic heterocycles. The highest BCUT2D eigenvalue weighted by Gasteiger charge is 2.04. The van der Waals surface area contributed by atoms with Crippen molar-refractivity contribution in [3.63, 3.8) is 0 Å². The van der Waals surface area contributed by atoms with Crippen LogP contribution in [0.15, 0.2) is 18.2 Å². The molecule has 0 spiro atoms. The number of aliphatic hydroxyl groups is 1. The van der Waals surface area contributed by atoms with Crippen LogP contribution in [0.2, 0.25) is 0 Å². The first-order valence-electron chi connectivity index (χ1n) is 5.54. The fourth-order valence-corrected chi connectivity index (χ4v) is 1.70. The van der Waals surface area contributed by atoms with Gasteiger partial charge in [-0.05, 0) is 43.9 Å². The maximum atomic E-state index is 8.80. The van der Waals surface area contributed by atoms with E-state index in [0.29, 0.717) is 6.04 Å². The summed E-state index contributed by atoms with van der Waals surface area (Å²) in [7, 11) is 0. The van der Waals surface area contributed by atoms with E-state index in [0.717, 1.165) is 13.0 Å². The molecule has 0 bridgehead atoms. The van der Waals surface area contributed by atoms with Crippen molar-refractivity contribution in [1.82, 2.24) is 5.32 Å². The number of benzene rings is 1. The van der Waals surface area contributed by atoms with Crippen LogP contribution in [0.3, 0.4) is 0 Å². The number of aryl methyl sites for hydroxylation is 2. The molecule has 84 valence electrons. The zero-order valence-electron chi connectivity index (χ0n) is 9.88. The van der Waals surface area contributed by atoms with Gasteiger partial charge in [0.2, 0.25) is 0 Å². The number of nitrogens with one attached hydrogen (secondary N) is 1. The fourth-order valence-electron chi connectivity index (χ4n) is 1.70. The summed E-state index contributed by atoms with van der Waals surface area (Å²) in [6, 6.07) is 6.74. The Morgan fingerprint density at radius 1 is 1.27 bits per heavy atom. The van der Waals surface area contributed by atoms with E-state index in [9.17, 15) is 0 Å². The molecule has 1 aromatic carbocycles. The van der Waals surface area contributed by atoms with E-state index >= 15 is 0 Å². The van der Waals surface area contributed by atoms with Gasteiger partial charge in [0.15, 0.2) is 0 Å². The van der Waals surface area contributed by atoms with Gasteiger partial charge in [-0.2, -0.15) is 0 Å². The Morgan fingerprint density at radius 2 is 1.87 bits per heavy atom. The Hall–Kier alpha value is -0.860. The lowest BCUT2D eigenvalue weighted by Gasteiger charge is -2.15. The molecule has 15 heavy (non-hydrogen) atoms. The van der Waals surface area contributed by atoms with Crippen LogP contribution in [0.25, 0.3) is 0 Å². The van der Waals surface area contributed by atoms with Crippen LogP contribution in [0.5, 0.6) is 0 Å². The third-order valence-electron chi connectivity index (χ3n) is 2.83. The Balaban J connectivity index is 2.57. The average Bonchev–Trinajstić information content (AvgIpc) is 2.17. The molecule has 1 aromatic rings. The smallest absolute Gasteiger partial charge is 0.0445 e. The quantitative estimate of drug-likeness (QED) is 0.775. The summed E-state index contributed by atoms with van der Waals surface area (Å²) >= 11 is 0. The molecular formula is C13H21NO. The molecule has 0 fully saturated rings. The Bertz CT molecular complexity index is 289. The molecule has 0 aromatic heterocycles. The summed E-state index contributed by atoms with van der Waals surface area (Å²) in [6.45, 7) is 7.52. The third kappa shape index (κ3) is 3.65. The molecule has 0 saturated carbocycles. The van der Waals surface area contributed by atoms with Crippen molar-refractivity contribution in [2.24, 2.45) is 0 Å². The van der Waals surface area contributed by atoms with Gasteiger partial charge in [0, 0.05) is 19.2 Å². The first kappa shape index (κ1) is 12.2. The van der Waals surface area contributed by atoms with E-state index in [1.165, 1.54) is 16.7 Å². The number of hydrogen-bond donors (Lipinski definition) is 2. The van der Waals surface area contributed by atoms with E-state index in [-0.39, 0.29) is 6.61 Å². The van der Waals surface area contributed by atoms with E-state index in [1.54, 1.807) is 0 Å². The first-order valence-corrected chi connectivity index (χ1v) is 5.54. The molecule has 0 radical (unpaired) electrons. The second kappa shape index (κ2) is 5.89. The highest BCUT2D eigenvalue weighted by atomic mass is 16.3. The standard InChI is InChI=1S/C13H21NO/c1-10-5-4-6-11(2)13(10)9-14-12(3)7-8-15/h4-6,12,14-15H,7-9H2,1-3H3. The molecule has 0 saturated heterocycles. The molecule has 2 N–H and O–H groups in total. The predicted octanol–water partition coefficient (Wildman–Crippen LogP) is 2.16. The lowest BCUT2D eigenvalue weighted by molar-refractivity contribution is 0.268. The molecule has 1 unspecified atom stereocenters. The molecule has 2 nitrogen and oxygen atoms in total. The van der Waals surface area contributed by atoms with Crippen molar-refractivity contribution in [3.05, 3.63) is 34.9 Å². The third-order valence-corrected chi connectivity index (χ3v) is 2.83. The maximum absolute atomic E-state index is 8.80. The highest BCUT2D eigenvalue weighted by molar-refractivity contribution is 5.33. The van der Waals surface area contributed by atoms with Crippen molar-refractivity contribution in [1.29, 1.82) is 0 Å². The predicted molar refractivity (Wildman–Crippen MR) is 63.9 cm³/mol. The van der Waals surface area contributed by atoms with Crippen LogP contribution in [-0.2, 0) is 6.54 Å². The zero-order valence-corrected chi connectivity index (χ0v) is 9.88. The van der Waals surface area contributed by atoms with Crippen molar-refractivity contribution in [3.8, 4) is 0 Å². The van der Waals surface area contributed by atoms with Crippen LogP contribution in [-0.4, -0.2) is 17.8 Å². The highest BCUT2D eigenvalue weighted by Crippen LogP contribution is 2.13. The van der Waals surface area contributed by atoms with Gasteiger partial charge in [0.25, 0.3) is 0 Å². The van der Waals surface area contributed by atoms with Crippen LogP contribution in [0.1, 0.15) is 30.0 Å². The topological polar surface area (TPSA) is 32.3 Å². The van der Waals surface area contributed by atoms with Crippen LogP contribution in [0, 0.1) is 13.8 Å². The van der Waals surface area contributed by atoms with Gasteiger partial charge in [0.05, 0.1) is 0 Å². The number of aliphatic hydroxyl groups excluding tert-OH is 1. The Morgan fingerprint density at radius 3 is 2.40 bits per heavy atom. The maximum Gasteiger partial charge on any atom is 0.0445 e. The average molecular weight is 207 g/mol. The zero-order chi connectivity index (χ0) is 11.3. The normalized spacial score (nSPS) is 12.8. The molecule has 0 aliphatic rings. The summed E-state index contributed by atoms with van der Waals surface area (Å²) < 4.78 is 0. The van der Waals surface area contributed by atoms with E-state index in [1.807, 2.05) is 0 Å². The molecule has 0 amide bonds.